The van der Waals surface area contributed by atoms with Crippen LogP contribution in [0, 0.1) is 5.82 Å². The van der Waals surface area contributed by atoms with Crippen LogP contribution in [0.5, 0.6) is 0 Å². The summed E-state index contributed by atoms with van der Waals surface area (Å²) >= 11 is 0. The lowest BCUT2D eigenvalue weighted by molar-refractivity contribution is 0.191. The van der Waals surface area contributed by atoms with E-state index in [1.807, 2.05) is 27.2 Å². The molecule has 1 fully saturated rings. The molecule has 4 nitrogen and oxygen atoms in total. The minimum atomic E-state index is -0.313. The van der Waals surface area contributed by atoms with Gasteiger partial charge in [-0.15, -0.1) is 0 Å². The highest BCUT2D eigenvalue weighted by Gasteiger charge is 2.32. The van der Waals surface area contributed by atoms with Crippen molar-refractivity contribution in [1.29, 1.82) is 0 Å². The van der Waals surface area contributed by atoms with Crippen molar-refractivity contribution in [2.45, 2.75) is 25.1 Å². The Labute approximate surface area is 120 Å². The van der Waals surface area contributed by atoms with Gasteiger partial charge < -0.3 is 20.2 Å². The summed E-state index contributed by atoms with van der Waals surface area (Å²) in [6, 6.07) is 5.15. The van der Waals surface area contributed by atoms with Crippen LogP contribution in [0.1, 0.15) is 12.0 Å². The highest BCUT2D eigenvalue weighted by molar-refractivity contribution is 5.56. The number of aliphatic hydroxyl groups is 1. The fraction of sp³-hybridized carbons (Fsp3) is 0.600. The number of likely N-dealkylation sites (N-methyl/N-ethyl adjacent to an activating group) is 1. The number of halogens is 1. The van der Waals surface area contributed by atoms with Crippen LogP contribution in [-0.4, -0.2) is 56.4 Å². The van der Waals surface area contributed by atoms with Gasteiger partial charge >= 0.3 is 0 Å². The molecule has 0 radical (unpaired) electrons. The molecule has 112 valence electrons. The molecule has 1 aromatic rings. The number of anilines is 1. The van der Waals surface area contributed by atoms with E-state index in [1.54, 1.807) is 6.07 Å². The van der Waals surface area contributed by atoms with E-state index in [1.165, 1.54) is 6.07 Å². The lowest BCUT2D eigenvalue weighted by Gasteiger charge is -2.30. The molecule has 20 heavy (non-hydrogen) atoms. The maximum Gasteiger partial charge on any atom is 0.123 e. The molecular weight excluding hydrogens is 257 g/mol. The van der Waals surface area contributed by atoms with Gasteiger partial charge in [0.25, 0.3) is 0 Å². The minimum Gasteiger partial charge on any atom is -0.391 e. The van der Waals surface area contributed by atoms with E-state index in [-0.39, 0.29) is 18.0 Å². The van der Waals surface area contributed by atoms with E-state index in [0.717, 1.165) is 24.2 Å². The van der Waals surface area contributed by atoms with Crippen LogP contribution < -0.4 is 10.2 Å². The SMILES string of the molecule is CNCc1cc(F)ccc1N1CC(O)CC1CN(C)C. The van der Waals surface area contributed by atoms with E-state index < -0.39 is 0 Å². The normalized spacial score (nSPS) is 22.8. The second-order valence-electron chi connectivity index (χ2n) is 5.76. The summed E-state index contributed by atoms with van der Waals surface area (Å²) in [5.41, 5.74) is 1.95. The van der Waals surface area contributed by atoms with Crippen LogP contribution in [0.2, 0.25) is 0 Å². The Hall–Kier alpha value is -1.17. The summed E-state index contributed by atoms with van der Waals surface area (Å²) in [6.07, 6.45) is 0.446. The Morgan fingerprint density at radius 2 is 2.20 bits per heavy atom. The monoisotopic (exact) mass is 281 g/mol. The minimum absolute atomic E-state index is 0.220. The second-order valence-corrected chi connectivity index (χ2v) is 5.76. The molecular formula is C15H24FN3O. The molecule has 0 bridgehead atoms. The Kier molecular flexibility index (Phi) is 4.96. The maximum atomic E-state index is 13.4. The summed E-state index contributed by atoms with van der Waals surface area (Å²) in [4.78, 5) is 4.33. The average molecular weight is 281 g/mol. The molecule has 0 aliphatic carbocycles. The molecule has 1 saturated heterocycles. The number of aliphatic hydroxyl groups excluding tert-OH is 1. The first kappa shape index (κ1) is 15.2. The molecule has 1 aliphatic rings. The van der Waals surface area contributed by atoms with Crippen molar-refractivity contribution in [1.82, 2.24) is 10.2 Å². The van der Waals surface area contributed by atoms with Crippen molar-refractivity contribution in [3.63, 3.8) is 0 Å². The zero-order chi connectivity index (χ0) is 14.7. The molecule has 1 aliphatic heterocycles. The summed E-state index contributed by atoms with van der Waals surface area (Å²) in [5.74, 6) is -0.220. The zero-order valence-corrected chi connectivity index (χ0v) is 12.4. The first-order valence-corrected chi connectivity index (χ1v) is 7.03. The van der Waals surface area contributed by atoms with Crippen LogP contribution in [0.25, 0.3) is 0 Å². The molecule has 2 atom stereocenters. The van der Waals surface area contributed by atoms with Crippen molar-refractivity contribution in [3.8, 4) is 0 Å². The van der Waals surface area contributed by atoms with Gasteiger partial charge in [-0.2, -0.15) is 0 Å². The van der Waals surface area contributed by atoms with Crippen molar-refractivity contribution >= 4 is 5.69 Å². The van der Waals surface area contributed by atoms with Crippen LogP contribution >= 0.6 is 0 Å². The number of hydrogen-bond donors (Lipinski definition) is 2. The van der Waals surface area contributed by atoms with Crippen LogP contribution in [0.15, 0.2) is 18.2 Å². The van der Waals surface area contributed by atoms with Gasteiger partial charge in [-0.3, -0.25) is 0 Å². The molecule has 0 saturated carbocycles. The Bertz CT molecular complexity index is 453. The largest absolute Gasteiger partial charge is 0.391 e. The predicted molar refractivity (Wildman–Crippen MR) is 79.5 cm³/mol. The summed E-state index contributed by atoms with van der Waals surface area (Å²) in [5, 5.41) is 13.0. The zero-order valence-electron chi connectivity index (χ0n) is 12.4. The van der Waals surface area contributed by atoms with E-state index in [2.05, 4.69) is 15.1 Å². The van der Waals surface area contributed by atoms with Crippen LogP contribution in [0.4, 0.5) is 10.1 Å². The van der Waals surface area contributed by atoms with E-state index in [0.29, 0.717) is 13.1 Å². The van der Waals surface area contributed by atoms with Crippen molar-refractivity contribution in [2.75, 3.05) is 39.1 Å². The average Bonchev–Trinajstić information content (AvgIpc) is 2.70. The fourth-order valence-corrected chi connectivity index (χ4v) is 2.95. The number of nitrogens with zero attached hydrogens (tertiary/aromatic N) is 2. The topological polar surface area (TPSA) is 38.7 Å². The third-order valence-electron chi connectivity index (χ3n) is 3.69. The van der Waals surface area contributed by atoms with Crippen LogP contribution in [0.3, 0.4) is 0 Å². The first-order chi connectivity index (χ1) is 9.51. The van der Waals surface area contributed by atoms with Crippen LogP contribution in [-0.2, 0) is 6.54 Å². The summed E-state index contributed by atoms with van der Waals surface area (Å²) < 4.78 is 13.4. The maximum absolute atomic E-state index is 13.4. The Morgan fingerprint density at radius 3 is 2.85 bits per heavy atom. The standard InChI is InChI=1S/C15H24FN3O/c1-17-8-11-6-12(16)4-5-15(11)19-10-14(20)7-13(19)9-18(2)3/h4-6,13-14,17,20H,7-10H2,1-3H3. The predicted octanol–water partition coefficient (Wildman–Crippen LogP) is 1.05. The summed E-state index contributed by atoms with van der Waals surface area (Å²) in [7, 11) is 5.91. The van der Waals surface area contributed by atoms with Gasteiger partial charge in [0, 0.05) is 31.4 Å². The highest BCUT2D eigenvalue weighted by Crippen LogP contribution is 2.29. The van der Waals surface area contributed by atoms with Gasteiger partial charge in [0.1, 0.15) is 5.82 Å². The van der Waals surface area contributed by atoms with Gasteiger partial charge in [0.2, 0.25) is 0 Å². The van der Waals surface area contributed by atoms with Gasteiger partial charge in [-0.1, -0.05) is 0 Å². The lowest BCUT2D eigenvalue weighted by Crippen LogP contribution is -2.38. The molecule has 5 heteroatoms. The lowest BCUT2D eigenvalue weighted by atomic mass is 10.1. The molecule has 1 heterocycles. The Balaban J connectivity index is 2.28. The molecule has 2 unspecified atom stereocenters. The van der Waals surface area contributed by atoms with Gasteiger partial charge in [0.05, 0.1) is 6.10 Å². The molecule has 2 N–H and O–H groups in total. The number of hydrogen-bond acceptors (Lipinski definition) is 4. The van der Waals surface area contributed by atoms with Crippen molar-refractivity contribution in [3.05, 3.63) is 29.6 Å². The summed E-state index contributed by atoms with van der Waals surface area (Å²) in [6.45, 7) is 2.11. The number of benzene rings is 1. The quantitative estimate of drug-likeness (QED) is 0.846. The van der Waals surface area contributed by atoms with E-state index in [4.69, 9.17) is 0 Å². The number of rotatable bonds is 5. The van der Waals surface area contributed by atoms with E-state index >= 15 is 0 Å². The first-order valence-electron chi connectivity index (χ1n) is 7.03. The molecule has 0 spiro atoms. The fourth-order valence-electron chi connectivity index (χ4n) is 2.95. The Morgan fingerprint density at radius 1 is 1.45 bits per heavy atom. The van der Waals surface area contributed by atoms with Gasteiger partial charge in [-0.05, 0) is 51.3 Å². The smallest absolute Gasteiger partial charge is 0.123 e. The second kappa shape index (κ2) is 6.52. The van der Waals surface area contributed by atoms with Crippen molar-refractivity contribution < 1.29 is 9.50 Å². The third kappa shape index (κ3) is 3.48. The van der Waals surface area contributed by atoms with Crippen molar-refractivity contribution in [2.24, 2.45) is 0 Å². The number of β-amino-alcohol motifs (C(OH)–C–C–N with tert-alkyl or cyclic N) is 1. The van der Waals surface area contributed by atoms with Gasteiger partial charge in [-0.25, -0.2) is 4.39 Å². The van der Waals surface area contributed by atoms with Gasteiger partial charge in [0.15, 0.2) is 0 Å². The molecule has 0 aromatic heterocycles. The third-order valence-corrected chi connectivity index (χ3v) is 3.69. The van der Waals surface area contributed by atoms with E-state index in [9.17, 15) is 9.50 Å². The molecule has 0 amide bonds. The molecule has 2 rings (SSSR count). The number of nitrogens with one attached hydrogen (secondary N) is 1. The highest BCUT2D eigenvalue weighted by atomic mass is 19.1. The molecule has 1 aromatic carbocycles.